The Kier molecular flexibility index (Phi) is 3.48. The minimum atomic E-state index is 0.0942. The van der Waals surface area contributed by atoms with Gasteiger partial charge in [-0.3, -0.25) is 4.98 Å². The third kappa shape index (κ3) is 2.47. The molecule has 0 spiro atoms. The molecule has 1 atom stereocenters. The summed E-state index contributed by atoms with van der Waals surface area (Å²) in [5.41, 5.74) is 6.99. The van der Waals surface area contributed by atoms with Crippen LogP contribution < -0.4 is 5.73 Å². The first-order valence-corrected chi connectivity index (χ1v) is 4.11. The lowest BCUT2D eigenvalue weighted by Gasteiger charge is -2.08. The molecule has 64 valence electrons. The summed E-state index contributed by atoms with van der Waals surface area (Å²) in [5.74, 6) is 0. The van der Waals surface area contributed by atoms with Crippen molar-refractivity contribution in [2.24, 2.45) is 5.73 Å². The van der Waals surface area contributed by atoms with Gasteiger partial charge in [0.05, 0.1) is 0 Å². The Morgan fingerprint density at radius 3 is 3.08 bits per heavy atom. The standard InChI is InChI=1S/C10H14N2/c1-2-3-6-10(11)9-5-4-7-12-8-9/h2,4-5,7-8,10H,1,3,6,11H2/t10-/m0/s1. The maximum absolute atomic E-state index is 5.89. The summed E-state index contributed by atoms with van der Waals surface area (Å²) in [5, 5.41) is 0. The summed E-state index contributed by atoms with van der Waals surface area (Å²) in [4.78, 5) is 4.01. The molecule has 2 nitrogen and oxygen atoms in total. The molecular formula is C10H14N2. The van der Waals surface area contributed by atoms with E-state index in [1.165, 1.54) is 0 Å². The van der Waals surface area contributed by atoms with Crippen molar-refractivity contribution >= 4 is 0 Å². The van der Waals surface area contributed by atoms with E-state index >= 15 is 0 Å². The molecule has 0 saturated carbocycles. The first-order valence-electron chi connectivity index (χ1n) is 4.11. The molecule has 2 N–H and O–H groups in total. The Labute approximate surface area is 73.1 Å². The topological polar surface area (TPSA) is 38.9 Å². The normalized spacial score (nSPS) is 12.4. The zero-order chi connectivity index (χ0) is 8.81. The first-order chi connectivity index (χ1) is 5.84. The Hall–Kier alpha value is -1.15. The van der Waals surface area contributed by atoms with Gasteiger partial charge in [-0.15, -0.1) is 6.58 Å². The van der Waals surface area contributed by atoms with Crippen LogP contribution in [0.5, 0.6) is 0 Å². The third-order valence-electron chi connectivity index (χ3n) is 1.79. The zero-order valence-corrected chi connectivity index (χ0v) is 7.11. The van der Waals surface area contributed by atoms with E-state index in [0.717, 1.165) is 18.4 Å². The van der Waals surface area contributed by atoms with Gasteiger partial charge >= 0.3 is 0 Å². The Morgan fingerprint density at radius 1 is 1.67 bits per heavy atom. The molecule has 0 aliphatic heterocycles. The number of aromatic nitrogens is 1. The molecule has 0 fully saturated rings. The summed E-state index contributed by atoms with van der Waals surface area (Å²) in [6.07, 6.45) is 7.35. The van der Waals surface area contributed by atoms with Crippen molar-refractivity contribution in [3.8, 4) is 0 Å². The van der Waals surface area contributed by atoms with E-state index in [4.69, 9.17) is 5.73 Å². The summed E-state index contributed by atoms with van der Waals surface area (Å²) in [6, 6.07) is 4.00. The molecule has 12 heavy (non-hydrogen) atoms. The fourth-order valence-corrected chi connectivity index (χ4v) is 1.06. The molecule has 1 aromatic rings. The fraction of sp³-hybridized carbons (Fsp3) is 0.300. The number of nitrogens with zero attached hydrogens (tertiary/aromatic N) is 1. The predicted molar refractivity (Wildman–Crippen MR) is 50.6 cm³/mol. The van der Waals surface area contributed by atoms with Gasteiger partial charge < -0.3 is 5.73 Å². The van der Waals surface area contributed by atoms with Crippen LogP contribution in [0.25, 0.3) is 0 Å². The SMILES string of the molecule is C=CCC[C@H](N)c1cccnc1. The van der Waals surface area contributed by atoms with Crippen LogP contribution in [0.1, 0.15) is 24.4 Å². The van der Waals surface area contributed by atoms with Crippen molar-refractivity contribution in [3.63, 3.8) is 0 Å². The Bertz CT molecular complexity index is 231. The van der Waals surface area contributed by atoms with Crippen molar-refractivity contribution in [2.75, 3.05) is 0 Å². The number of rotatable bonds is 4. The van der Waals surface area contributed by atoms with Crippen LogP contribution in [-0.2, 0) is 0 Å². The van der Waals surface area contributed by atoms with Crippen LogP contribution in [0.15, 0.2) is 37.2 Å². The van der Waals surface area contributed by atoms with E-state index in [9.17, 15) is 0 Å². The lowest BCUT2D eigenvalue weighted by Crippen LogP contribution is -2.09. The van der Waals surface area contributed by atoms with Gasteiger partial charge in [-0.25, -0.2) is 0 Å². The molecule has 0 aromatic carbocycles. The number of hydrogen-bond donors (Lipinski definition) is 1. The minimum absolute atomic E-state index is 0.0942. The Morgan fingerprint density at radius 2 is 2.50 bits per heavy atom. The molecule has 1 aromatic heterocycles. The quantitative estimate of drug-likeness (QED) is 0.688. The van der Waals surface area contributed by atoms with E-state index < -0.39 is 0 Å². The van der Waals surface area contributed by atoms with Crippen LogP contribution >= 0.6 is 0 Å². The van der Waals surface area contributed by atoms with Gasteiger partial charge in [-0.1, -0.05) is 12.1 Å². The zero-order valence-electron chi connectivity index (χ0n) is 7.11. The molecular weight excluding hydrogens is 148 g/mol. The van der Waals surface area contributed by atoms with E-state index in [-0.39, 0.29) is 6.04 Å². The van der Waals surface area contributed by atoms with Crippen LogP contribution in [-0.4, -0.2) is 4.98 Å². The van der Waals surface area contributed by atoms with Crippen LogP contribution in [0.3, 0.4) is 0 Å². The number of pyridine rings is 1. The molecule has 1 heterocycles. The highest BCUT2D eigenvalue weighted by Gasteiger charge is 2.02. The monoisotopic (exact) mass is 162 g/mol. The van der Waals surface area contributed by atoms with Crippen LogP contribution in [0, 0.1) is 0 Å². The lowest BCUT2D eigenvalue weighted by atomic mass is 10.1. The molecule has 0 aliphatic rings. The lowest BCUT2D eigenvalue weighted by molar-refractivity contribution is 0.659. The summed E-state index contributed by atoms with van der Waals surface area (Å²) in [7, 11) is 0. The second-order valence-corrected chi connectivity index (χ2v) is 2.76. The average Bonchev–Trinajstić information content (AvgIpc) is 2.15. The predicted octanol–water partition coefficient (Wildman–Crippen LogP) is 2.05. The highest BCUT2D eigenvalue weighted by molar-refractivity contribution is 5.12. The highest BCUT2D eigenvalue weighted by Crippen LogP contribution is 2.13. The van der Waals surface area contributed by atoms with Crippen molar-refractivity contribution in [1.82, 2.24) is 4.98 Å². The van der Waals surface area contributed by atoms with Gasteiger partial charge in [-0.05, 0) is 24.5 Å². The molecule has 0 unspecified atom stereocenters. The van der Waals surface area contributed by atoms with Crippen molar-refractivity contribution in [2.45, 2.75) is 18.9 Å². The van der Waals surface area contributed by atoms with E-state index in [1.807, 2.05) is 24.4 Å². The summed E-state index contributed by atoms with van der Waals surface area (Å²) in [6.45, 7) is 3.66. The molecule has 0 radical (unpaired) electrons. The molecule has 0 bridgehead atoms. The molecule has 1 rings (SSSR count). The smallest absolute Gasteiger partial charge is 0.0315 e. The second-order valence-electron chi connectivity index (χ2n) is 2.76. The number of nitrogens with two attached hydrogens (primary N) is 1. The average molecular weight is 162 g/mol. The van der Waals surface area contributed by atoms with E-state index in [0.29, 0.717) is 0 Å². The summed E-state index contributed by atoms with van der Waals surface area (Å²) < 4.78 is 0. The van der Waals surface area contributed by atoms with Crippen LogP contribution in [0.2, 0.25) is 0 Å². The Balaban J connectivity index is 2.53. The van der Waals surface area contributed by atoms with E-state index in [1.54, 1.807) is 6.20 Å². The fourth-order valence-electron chi connectivity index (χ4n) is 1.06. The van der Waals surface area contributed by atoms with Gasteiger partial charge in [-0.2, -0.15) is 0 Å². The maximum Gasteiger partial charge on any atom is 0.0315 e. The maximum atomic E-state index is 5.89. The van der Waals surface area contributed by atoms with Gasteiger partial charge in [0, 0.05) is 18.4 Å². The first kappa shape index (κ1) is 8.94. The molecule has 0 amide bonds. The van der Waals surface area contributed by atoms with Crippen molar-refractivity contribution in [3.05, 3.63) is 42.7 Å². The third-order valence-corrected chi connectivity index (χ3v) is 1.79. The number of allylic oxidation sites excluding steroid dienone is 1. The molecule has 0 saturated heterocycles. The van der Waals surface area contributed by atoms with Crippen molar-refractivity contribution in [1.29, 1.82) is 0 Å². The van der Waals surface area contributed by atoms with Gasteiger partial charge in [0.2, 0.25) is 0 Å². The van der Waals surface area contributed by atoms with Gasteiger partial charge in [0.1, 0.15) is 0 Å². The number of hydrogen-bond acceptors (Lipinski definition) is 2. The summed E-state index contributed by atoms with van der Waals surface area (Å²) >= 11 is 0. The van der Waals surface area contributed by atoms with Crippen molar-refractivity contribution < 1.29 is 0 Å². The second kappa shape index (κ2) is 4.67. The van der Waals surface area contributed by atoms with E-state index in [2.05, 4.69) is 11.6 Å². The minimum Gasteiger partial charge on any atom is -0.324 e. The van der Waals surface area contributed by atoms with Crippen LogP contribution in [0.4, 0.5) is 0 Å². The molecule has 2 heteroatoms. The largest absolute Gasteiger partial charge is 0.324 e. The van der Waals surface area contributed by atoms with Gasteiger partial charge in [0.15, 0.2) is 0 Å². The highest BCUT2D eigenvalue weighted by atomic mass is 14.7. The van der Waals surface area contributed by atoms with Gasteiger partial charge in [0.25, 0.3) is 0 Å². The molecule has 0 aliphatic carbocycles.